The fourth-order valence-corrected chi connectivity index (χ4v) is 1.14. The van der Waals surface area contributed by atoms with Gasteiger partial charge in [0.15, 0.2) is 5.82 Å². The monoisotopic (exact) mass is 194 g/mol. The second-order valence-corrected chi connectivity index (χ2v) is 3.05. The van der Waals surface area contributed by atoms with Crippen molar-refractivity contribution in [2.24, 2.45) is 0 Å². The molecule has 0 unspecified atom stereocenters. The Morgan fingerprint density at radius 3 is 3.00 bits per heavy atom. The predicted octanol–water partition coefficient (Wildman–Crippen LogP) is 2.03. The van der Waals surface area contributed by atoms with Crippen LogP contribution in [-0.4, -0.2) is 13.6 Å². The summed E-state index contributed by atoms with van der Waals surface area (Å²) >= 11 is 0. The van der Waals surface area contributed by atoms with E-state index in [4.69, 9.17) is 5.73 Å². The standard InChI is InChI=1S/C11H15FN2/c1-14-8-3-2-5-9-6-4-7-10(13)11(9)12/h2,4-7,14H,3,8,13H2,1H3. The molecule has 3 heteroatoms. The third-order valence-electron chi connectivity index (χ3n) is 1.92. The molecule has 0 bridgehead atoms. The third-order valence-corrected chi connectivity index (χ3v) is 1.92. The molecular formula is C11H15FN2. The van der Waals surface area contributed by atoms with E-state index in [1.54, 1.807) is 24.3 Å². The molecule has 3 N–H and O–H groups in total. The summed E-state index contributed by atoms with van der Waals surface area (Å²) in [6.07, 6.45) is 4.56. The van der Waals surface area contributed by atoms with Crippen LogP contribution in [0.5, 0.6) is 0 Å². The number of rotatable bonds is 4. The Balaban J connectivity index is 2.67. The van der Waals surface area contributed by atoms with Gasteiger partial charge in [-0.05, 0) is 26.1 Å². The minimum absolute atomic E-state index is 0.195. The topological polar surface area (TPSA) is 38.0 Å². The van der Waals surface area contributed by atoms with Crippen molar-refractivity contribution in [3.8, 4) is 0 Å². The van der Waals surface area contributed by atoms with Crippen molar-refractivity contribution in [3.05, 3.63) is 35.7 Å². The Labute approximate surface area is 83.6 Å². The van der Waals surface area contributed by atoms with Crippen molar-refractivity contribution in [3.63, 3.8) is 0 Å². The van der Waals surface area contributed by atoms with Crippen LogP contribution >= 0.6 is 0 Å². The van der Waals surface area contributed by atoms with Crippen LogP contribution in [0.1, 0.15) is 12.0 Å². The smallest absolute Gasteiger partial charge is 0.153 e. The molecule has 1 aromatic carbocycles. The molecule has 1 aromatic rings. The lowest BCUT2D eigenvalue weighted by molar-refractivity contribution is 0.629. The van der Waals surface area contributed by atoms with Crippen LogP contribution in [0.15, 0.2) is 24.3 Å². The van der Waals surface area contributed by atoms with E-state index in [1.165, 1.54) is 0 Å². The van der Waals surface area contributed by atoms with E-state index in [-0.39, 0.29) is 11.5 Å². The minimum Gasteiger partial charge on any atom is -0.396 e. The summed E-state index contributed by atoms with van der Waals surface area (Å²) in [4.78, 5) is 0. The zero-order valence-corrected chi connectivity index (χ0v) is 8.26. The fraction of sp³-hybridized carbons (Fsp3) is 0.273. The van der Waals surface area contributed by atoms with Crippen molar-refractivity contribution in [2.45, 2.75) is 6.42 Å². The summed E-state index contributed by atoms with van der Waals surface area (Å²) in [5, 5.41) is 3.01. The fourth-order valence-electron chi connectivity index (χ4n) is 1.14. The molecule has 0 aliphatic carbocycles. The first-order valence-electron chi connectivity index (χ1n) is 4.61. The van der Waals surface area contributed by atoms with Crippen molar-refractivity contribution < 1.29 is 4.39 Å². The molecule has 14 heavy (non-hydrogen) atoms. The average Bonchev–Trinajstić information content (AvgIpc) is 2.19. The molecule has 0 radical (unpaired) electrons. The minimum atomic E-state index is -0.340. The maximum atomic E-state index is 13.3. The maximum Gasteiger partial charge on any atom is 0.153 e. The van der Waals surface area contributed by atoms with Crippen molar-refractivity contribution in [1.29, 1.82) is 0 Å². The molecule has 0 fully saturated rings. The van der Waals surface area contributed by atoms with Gasteiger partial charge < -0.3 is 11.1 Å². The molecule has 0 spiro atoms. The van der Waals surface area contributed by atoms with Crippen LogP contribution < -0.4 is 11.1 Å². The number of halogens is 1. The number of nitrogens with two attached hydrogens (primary N) is 1. The SMILES string of the molecule is CNCCC=Cc1cccc(N)c1F. The highest BCUT2D eigenvalue weighted by Gasteiger charge is 2.00. The van der Waals surface area contributed by atoms with Crippen molar-refractivity contribution in [1.82, 2.24) is 5.32 Å². The second-order valence-electron chi connectivity index (χ2n) is 3.05. The largest absolute Gasteiger partial charge is 0.396 e. The van der Waals surface area contributed by atoms with Gasteiger partial charge in [-0.3, -0.25) is 0 Å². The van der Waals surface area contributed by atoms with Crippen molar-refractivity contribution >= 4 is 11.8 Å². The molecule has 0 aliphatic heterocycles. The molecule has 2 nitrogen and oxygen atoms in total. The molecule has 76 valence electrons. The summed E-state index contributed by atoms with van der Waals surface area (Å²) < 4.78 is 13.3. The van der Waals surface area contributed by atoms with E-state index in [9.17, 15) is 4.39 Å². The zero-order valence-electron chi connectivity index (χ0n) is 8.26. The first-order valence-corrected chi connectivity index (χ1v) is 4.61. The van der Waals surface area contributed by atoms with Gasteiger partial charge in [-0.25, -0.2) is 4.39 Å². The number of anilines is 1. The summed E-state index contributed by atoms with van der Waals surface area (Å²) in [5.41, 5.74) is 6.17. The lowest BCUT2D eigenvalue weighted by atomic mass is 10.1. The Morgan fingerprint density at radius 1 is 1.50 bits per heavy atom. The number of hydrogen-bond acceptors (Lipinski definition) is 2. The van der Waals surface area contributed by atoms with Crippen LogP contribution in [-0.2, 0) is 0 Å². The van der Waals surface area contributed by atoms with Gasteiger partial charge in [0.05, 0.1) is 5.69 Å². The predicted molar refractivity (Wildman–Crippen MR) is 58.4 cm³/mol. The van der Waals surface area contributed by atoms with Gasteiger partial charge in [0.25, 0.3) is 0 Å². The lowest BCUT2D eigenvalue weighted by Crippen LogP contribution is -2.05. The van der Waals surface area contributed by atoms with Crippen LogP contribution in [0.4, 0.5) is 10.1 Å². The summed E-state index contributed by atoms with van der Waals surface area (Å²) in [6.45, 7) is 0.889. The van der Waals surface area contributed by atoms with Crippen LogP contribution in [0.3, 0.4) is 0 Å². The number of nitrogens with one attached hydrogen (secondary N) is 1. The summed E-state index contributed by atoms with van der Waals surface area (Å²) in [6, 6.07) is 5.01. The van der Waals surface area contributed by atoms with E-state index in [1.807, 2.05) is 13.1 Å². The highest BCUT2D eigenvalue weighted by atomic mass is 19.1. The Morgan fingerprint density at radius 2 is 2.29 bits per heavy atom. The summed E-state index contributed by atoms with van der Waals surface area (Å²) in [5.74, 6) is -0.340. The molecule has 0 saturated carbocycles. The van der Waals surface area contributed by atoms with Gasteiger partial charge in [-0.1, -0.05) is 24.3 Å². The Kier molecular flexibility index (Phi) is 4.13. The van der Waals surface area contributed by atoms with Crippen molar-refractivity contribution in [2.75, 3.05) is 19.3 Å². The van der Waals surface area contributed by atoms with E-state index in [0.717, 1.165) is 13.0 Å². The van der Waals surface area contributed by atoms with Gasteiger partial charge in [0.1, 0.15) is 0 Å². The lowest BCUT2D eigenvalue weighted by Gasteiger charge is -1.99. The van der Waals surface area contributed by atoms with Crippen LogP contribution in [0.25, 0.3) is 6.08 Å². The molecule has 0 aromatic heterocycles. The molecule has 0 atom stereocenters. The molecule has 0 amide bonds. The number of hydrogen-bond donors (Lipinski definition) is 2. The van der Waals surface area contributed by atoms with Gasteiger partial charge >= 0.3 is 0 Å². The molecule has 0 saturated heterocycles. The first kappa shape index (κ1) is 10.7. The number of benzene rings is 1. The Bertz CT molecular complexity index is 321. The van der Waals surface area contributed by atoms with Gasteiger partial charge in [0, 0.05) is 5.56 Å². The van der Waals surface area contributed by atoms with Crippen LogP contribution in [0, 0.1) is 5.82 Å². The Hall–Kier alpha value is -1.35. The summed E-state index contributed by atoms with van der Waals surface area (Å²) in [7, 11) is 1.88. The second kappa shape index (κ2) is 5.40. The molecule has 0 heterocycles. The van der Waals surface area contributed by atoms with Crippen LogP contribution in [0.2, 0.25) is 0 Å². The molecule has 1 rings (SSSR count). The first-order chi connectivity index (χ1) is 6.75. The highest BCUT2D eigenvalue weighted by molar-refractivity contribution is 5.56. The molecule has 0 aliphatic rings. The number of nitrogen functional groups attached to an aromatic ring is 1. The maximum absolute atomic E-state index is 13.3. The average molecular weight is 194 g/mol. The normalized spacial score (nSPS) is 11.0. The van der Waals surface area contributed by atoms with E-state index >= 15 is 0 Å². The third kappa shape index (κ3) is 2.85. The van der Waals surface area contributed by atoms with E-state index in [2.05, 4.69) is 5.32 Å². The van der Waals surface area contributed by atoms with E-state index < -0.39 is 0 Å². The van der Waals surface area contributed by atoms with Gasteiger partial charge in [0.2, 0.25) is 0 Å². The van der Waals surface area contributed by atoms with Gasteiger partial charge in [-0.2, -0.15) is 0 Å². The quantitative estimate of drug-likeness (QED) is 0.568. The molecular weight excluding hydrogens is 179 g/mol. The van der Waals surface area contributed by atoms with Gasteiger partial charge in [-0.15, -0.1) is 0 Å². The zero-order chi connectivity index (χ0) is 10.4. The van der Waals surface area contributed by atoms with E-state index in [0.29, 0.717) is 5.56 Å². The highest BCUT2D eigenvalue weighted by Crippen LogP contribution is 2.15.